The third kappa shape index (κ3) is 6.28. The van der Waals surface area contributed by atoms with Gasteiger partial charge in [-0.15, -0.1) is 0 Å². The second-order valence-electron chi connectivity index (χ2n) is 8.24. The minimum atomic E-state index is -0.400. The number of aryl methyl sites for hydroxylation is 1. The monoisotopic (exact) mass is 481 g/mol. The first-order valence-electron chi connectivity index (χ1n) is 11.4. The first kappa shape index (κ1) is 24.1. The molecule has 1 aliphatic rings. The Kier molecular flexibility index (Phi) is 8.05. The van der Waals surface area contributed by atoms with E-state index in [0.29, 0.717) is 22.0 Å². The van der Waals surface area contributed by atoms with Crippen molar-refractivity contribution in [3.63, 3.8) is 0 Å². The van der Waals surface area contributed by atoms with Crippen molar-refractivity contribution >= 4 is 17.4 Å². The number of ketones is 1. The fourth-order valence-electron chi connectivity index (χ4n) is 3.92. The number of hydrogen-bond acceptors (Lipinski definition) is 7. The number of pyridine rings is 1. The third-order valence-corrected chi connectivity index (χ3v) is 6.00. The molecule has 1 fully saturated rings. The van der Waals surface area contributed by atoms with Crippen LogP contribution in [0.2, 0.25) is 5.02 Å². The quantitative estimate of drug-likeness (QED) is 0.470. The van der Waals surface area contributed by atoms with Gasteiger partial charge in [0.15, 0.2) is 5.78 Å². The molecule has 1 aromatic carbocycles. The smallest absolute Gasteiger partial charge is 0.270 e. The molecule has 0 atom stereocenters. The molecule has 0 bridgehead atoms. The predicted molar refractivity (Wildman–Crippen MR) is 130 cm³/mol. The van der Waals surface area contributed by atoms with Crippen molar-refractivity contribution in [1.82, 2.24) is 25.0 Å². The number of carbonyl (C=O) groups excluding carboxylic acids is 1. The van der Waals surface area contributed by atoms with Crippen LogP contribution in [0.25, 0.3) is 0 Å². The zero-order valence-corrected chi connectivity index (χ0v) is 19.9. The van der Waals surface area contributed by atoms with Crippen LogP contribution >= 0.6 is 11.6 Å². The Morgan fingerprint density at radius 3 is 2.68 bits per heavy atom. The number of halogens is 1. The lowest BCUT2D eigenvalue weighted by atomic mass is 9.98. The van der Waals surface area contributed by atoms with E-state index in [-0.39, 0.29) is 18.9 Å². The van der Waals surface area contributed by atoms with E-state index in [1.54, 1.807) is 12.1 Å². The molecule has 0 saturated carbocycles. The molecule has 178 valence electrons. The normalized spacial score (nSPS) is 14.2. The van der Waals surface area contributed by atoms with Crippen LogP contribution in [0.4, 0.5) is 0 Å². The highest BCUT2D eigenvalue weighted by atomic mass is 35.5. The van der Waals surface area contributed by atoms with Crippen LogP contribution in [0.1, 0.15) is 34.1 Å². The first-order chi connectivity index (χ1) is 16.5. The van der Waals surface area contributed by atoms with E-state index in [1.165, 1.54) is 24.0 Å². The number of hydrogen-bond donors (Lipinski definition) is 1. The summed E-state index contributed by atoms with van der Waals surface area (Å²) in [5.74, 6) is 0.177. The average Bonchev–Trinajstić information content (AvgIpc) is 2.85. The number of nitrogens with zero attached hydrogens (tertiary/aromatic N) is 4. The lowest BCUT2D eigenvalue weighted by Gasteiger charge is -2.27. The van der Waals surface area contributed by atoms with E-state index in [0.717, 1.165) is 49.4 Å². The summed E-state index contributed by atoms with van der Waals surface area (Å²) in [6, 6.07) is 10.8. The molecular weight excluding hydrogens is 454 g/mol. The van der Waals surface area contributed by atoms with Crippen LogP contribution in [-0.4, -0.2) is 51.6 Å². The average molecular weight is 482 g/mol. The Balaban J connectivity index is 1.40. The Morgan fingerprint density at radius 1 is 1.15 bits per heavy atom. The molecule has 1 saturated heterocycles. The van der Waals surface area contributed by atoms with Gasteiger partial charge in [-0.1, -0.05) is 36.7 Å². The maximum atomic E-state index is 13.0. The molecule has 0 unspecified atom stereocenters. The summed E-state index contributed by atoms with van der Waals surface area (Å²) in [7, 11) is 0. The Bertz CT molecular complexity index is 1190. The van der Waals surface area contributed by atoms with Crippen LogP contribution in [-0.2, 0) is 26.1 Å². The number of ether oxygens (including phenoxy) is 1. The van der Waals surface area contributed by atoms with Crippen molar-refractivity contribution in [1.29, 1.82) is 0 Å². The molecule has 34 heavy (non-hydrogen) atoms. The predicted octanol–water partition coefficient (Wildman–Crippen LogP) is 2.72. The molecule has 3 aromatic rings. The first-order valence-corrected chi connectivity index (χ1v) is 11.8. The van der Waals surface area contributed by atoms with Crippen molar-refractivity contribution in [3.05, 3.63) is 86.6 Å². The second-order valence-corrected chi connectivity index (χ2v) is 8.67. The molecule has 1 aliphatic heterocycles. The highest BCUT2D eigenvalue weighted by Gasteiger charge is 2.16. The molecular formula is C25H28ClN5O3. The van der Waals surface area contributed by atoms with Gasteiger partial charge in [0.25, 0.3) is 5.56 Å². The number of piperazine rings is 1. The lowest BCUT2D eigenvalue weighted by Crippen LogP contribution is -2.42. The maximum absolute atomic E-state index is 13.0. The van der Waals surface area contributed by atoms with Crippen LogP contribution in [0.3, 0.4) is 0 Å². The summed E-state index contributed by atoms with van der Waals surface area (Å²) >= 11 is 5.83. The number of carbonyl (C=O) groups is 1. The van der Waals surface area contributed by atoms with E-state index in [4.69, 9.17) is 16.3 Å². The van der Waals surface area contributed by atoms with Crippen molar-refractivity contribution in [2.75, 3.05) is 26.2 Å². The maximum Gasteiger partial charge on any atom is 0.270 e. The van der Waals surface area contributed by atoms with E-state index in [9.17, 15) is 9.59 Å². The fourth-order valence-corrected chi connectivity index (χ4v) is 4.03. The summed E-state index contributed by atoms with van der Waals surface area (Å²) in [4.78, 5) is 32.1. The van der Waals surface area contributed by atoms with Gasteiger partial charge in [-0.05, 0) is 29.7 Å². The molecule has 3 heterocycles. The summed E-state index contributed by atoms with van der Waals surface area (Å²) in [6.45, 7) is 7.01. The van der Waals surface area contributed by atoms with Gasteiger partial charge in [0, 0.05) is 50.6 Å². The fraction of sp³-hybridized carbons (Fsp3) is 0.360. The number of Topliss-reactive ketones (excluding diaryl/α,β-unsaturated/α-hetero) is 1. The Morgan fingerprint density at radius 2 is 1.97 bits per heavy atom. The van der Waals surface area contributed by atoms with Crippen molar-refractivity contribution in [3.8, 4) is 5.75 Å². The van der Waals surface area contributed by atoms with Crippen LogP contribution in [0.15, 0.2) is 53.6 Å². The van der Waals surface area contributed by atoms with Gasteiger partial charge in [0.05, 0.1) is 16.9 Å². The molecule has 0 amide bonds. The molecule has 8 nitrogen and oxygen atoms in total. The minimum Gasteiger partial charge on any atom is -0.485 e. The van der Waals surface area contributed by atoms with Gasteiger partial charge in [-0.2, -0.15) is 5.10 Å². The zero-order valence-electron chi connectivity index (χ0n) is 19.2. The largest absolute Gasteiger partial charge is 0.485 e. The topological polar surface area (TPSA) is 89.3 Å². The van der Waals surface area contributed by atoms with Gasteiger partial charge < -0.3 is 10.1 Å². The summed E-state index contributed by atoms with van der Waals surface area (Å²) in [5.41, 5.74) is 3.09. The summed E-state index contributed by atoms with van der Waals surface area (Å²) < 4.78 is 6.75. The summed E-state index contributed by atoms with van der Waals surface area (Å²) in [6.07, 6.45) is 3.70. The van der Waals surface area contributed by atoms with E-state index >= 15 is 0 Å². The van der Waals surface area contributed by atoms with Gasteiger partial charge in [-0.25, -0.2) is 4.68 Å². The molecule has 4 rings (SSSR count). The Labute approximate surface area is 203 Å². The molecule has 0 aliphatic carbocycles. The highest BCUT2D eigenvalue weighted by Crippen LogP contribution is 2.17. The van der Waals surface area contributed by atoms with Crippen molar-refractivity contribution < 1.29 is 9.53 Å². The van der Waals surface area contributed by atoms with Gasteiger partial charge in [-0.3, -0.25) is 19.5 Å². The number of rotatable bonds is 9. The van der Waals surface area contributed by atoms with Crippen molar-refractivity contribution in [2.24, 2.45) is 0 Å². The standard InChI is InChI=1S/C25H28ClN5O3/c1-2-19-11-18(15-30-9-7-27-8-10-30)3-6-23(19)24(32)16-31-25(33)12-22(14-29-31)34-17-21-5-4-20(26)13-28-21/h3-6,11-14,27H,2,7-10,15-17H2,1H3. The van der Waals surface area contributed by atoms with Crippen LogP contribution in [0.5, 0.6) is 5.75 Å². The van der Waals surface area contributed by atoms with E-state index in [2.05, 4.69) is 26.4 Å². The molecule has 0 spiro atoms. The second kappa shape index (κ2) is 11.4. The van der Waals surface area contributed by atoms with Gasteiger partial charge in [0.2, 0.25) is 0 Å². The van der Waals surface area contributed by atoms with E-state index in [1.807, 2.05) is 19.1 Å². The van der Waals surface area contributed by atoms with E-state index < -0.39 is 5.56 Å². The van der Waals surface area contributed by atoms with Crippen LogP contribution in [0, 0.1) is 0 Å². The molecule has 1 N–H and O–H groups in total. The number of benzene rings is 1. The SMILES string of the molecule is CCc1cc(CN2CCNCC2)ccc1C(=O)Cn1ncc(OCc2ccc(Cl)cn2)cc1=O. The minimum absolute atomic E-state index is 0.123. The van der Waals surface area contributed by atoms with Gasteiger partial charge >= 0.3 is 0 Å². The lowest BCUT2D eigenvalue weighted by molar-refractivity contribution is 0.0964. The molecule has 9 heteroatoms. The summed E-state index contributed by atoms with van der Waals surface area (Å²) in [5, 5.41) is 8.02. The molecule has 2 aromatic heterocycles. The number of nitrogens with one attached hydrogen (secondary N) is 1. The third-order valence-electron chi connectivity index (χ3n) is 5.78. The van der Waals surface area contributed by atoms with Gasteiger partial charge in [0.1, 0.15) is 18.9 Å². The van der Waals surface area contributed by atoms with Crippen LogP contribution < -0.4 is 15.6 Å². The Hall–Kier alpha value is -3.07. The molecule has 0 radical (unpaired) electrons. The number of aromatic nitrogens is 3. The zero-order chi connectivity index (χ0) is 23.9. The highest BCUT2D eigenvalue weighted by molar-refractivity contribution is 6.30. The van der Waals surface area contributed by atoms with Crippen molar-refractivity contribution in [2.45, 2.75) is 33.0 Å².